The summed E-state index contributed by atoms with van der Waals surface area (Å²) < 4.78 is 1.85. The molecule has 3 heterocycles. The molecule has 1 aliphatic rings. The van der Waals surface area contributed by atoms with Crippen LogP contribution in [0.4, 0.5) is 11.5 Å². The summed E-state index contributed by atoms with van der Waals surface area (Å²) >= 11 is 0. The fourth-order valence-corrected chi connectivity index (χ4v) is 2.94. The Morgan fingerprint density at radius 3 is 2.63 bits per heavy atom. The van der Waals surface area contributed by atoms with E-state index in [4.69, 9.17) is 0 Å². The maximum Gasteiger partial charge on any atom is 0.149 e. The van der Waals surface area contributed by atoms with Crippen molar-refractivity contribution in [2.75, 3.05) is 30.3 Å². The van der Waals surface area contributed by atoms with E-state index in [1.165, 1.54) is 5.56 Å². The van der Waals surface area contributed by atoms with Crippen molar-refractivity contribution in [2.24, 2.45) is 7.05 Å². The van der Waals surface area contributed by atoms with Gasteiger partial charge in [0, 0.05) is 43.4 Å². The summed E-state index contributed by atoms with van der Waals surface area (Å²) in [7, 11) is 1.95. The standard InChI is InChI=1S/C15H22N6.C6H6.3H2/c1-11(12-7-19-21(2)10-12)6-16-8-13-9-18-14-4-3-5-17-15(14)20-13;1-2-4-6-5-3-1;;;/h3-5,7,10-11,13,16,18H,6,8-9H2,1-2H3,(H,17,20);1-6H;3*1H/t11-,13+;;;;/m1..../s1. The van der Waals surface area contributed by atoms with Gasteiger partial charge in [0.1, 0.15) is 5.82 Å². The smallest absolute Gasteiger partial charge is 0.149 e. The number of nitrogens with zero attached hydrogens (tertiary/aromatic N) is 3. The van der Waals surface area contributed by atoms with Gasteiger partial charge in [0.25, 0.3) is 0 Å². The van der Waals surface area contributed by atoms with E-state index < -0.39 is 0 Å². The van der Waals surface area contributed by atoms with E-state index >= 15 is 0 Å². The molecule has 3 N–H and O–H groups in total. The number of benzene rings is 1. The van der Waals surface area contributed by atoms with Crippen molar-refractivity contribution in [2.45, 2.75) is 18.9 Å². The van der Waals surface area contributed by atoms with Crippen LogP contribution in [-0.4, -0.2) is 40.4 Å². The average Bonchev–Trinajstić information content (AvgIpc) is 3.16. The van der Waals surface area contributed by atoms with Crippen LogP contribution in [0.2, 0.25) is 0 Å². The summed E-state index contributed by atoms with van der Waals surface area (Å²) in [5.74, 6) is 1.40. The molecule has 2 atom stereocenters. The van der Waals surface area contributed by atoms with Crippen LogP contribution in [0.3, 0.4) is 0 Å². The first kappa shape index (κ1) is 18.9. The van der Waals surface area contributed by atoms with Crippen molar-refractivity contribution in [3.05, 3.63) is 72.7 Å². The Morgan fingerprint density at radius 2 is 1.96 bits per heavy atom. The van der Waals surface area contributed by atoms with Gasteiger partial charge in [0.15, 0.2) is 0 Å². The van der Waals surface area contributed by atoms with Crippen molar-refractivity contribution in [3.63, 3.8) is 0 Å². The van der Waals surface area contributed by atoms with E-state index in [0.717, 1.165) is 31.1 Å². The molecule has 0 saturated carbocycles. The van der Waals surface area contributed by atoms with Gasteiger partial charge in [0.2, 0.25) is 0 Å². The highest BCUT2D eigenvalue weighted by Crippen LogP contribution is 2.22. The highest BCUT2D eigenvalue weighted by molar-refractivity contribution is 5.66. The molecule has 6 nitrogen and oxygen atoms in total. The van der Waals surface area contributed by atoms with Crippen LogP contribution in [0.1, 0.15) is 22.7 Å². The lowest BCUT2D eigenvalue weighted by Gasteiger charge is -2.27. The lowest BCUT2D eigenvalue weighted by atomic mass is 10.1. The second kappa shape index (κ2) is 9.73. The molecule has 0 saturated heterocycles. The Balaban J connectivity index is 0.000000814. The quantitative estimate of drug-likeness (QED) is 0.637. The van der Waals surface area contributed by atoms with Gasteiger partial charge in [-0.3, -0.25) is 4.68 Å². The molecule has 3 aromatic rings. The Morgan fingerprint density at radius 1 is 1.22 bits per heavy atom. The van der Waals surface area contributed by atoms with E-state index in [0.29, 0.717) is 12.0 Å². The number of fused-ring (bicyclic) bond motifs is 1. The molecule has 6 heteroatoms. The molecule has 1 aliphatic heterocycles. The topological polar surface area (TPSA) is 66.8 Å². The fraction of sp³-hybridized carbons (Fsp3) is 0.333. The summed E-state index contributed by atoms with van der Waals surface area (Å²) in [5.41, 5.74) is 2.35. The first-order valence-corrected chi connectivity index (χ1v) is 9.37. The number of pyridine rings is 1. The zero-order valence-electron chi connectivity index (χ0n) is 16.0. The molecule has 0 bridgehead atoms. The maximum absolute atomic E-state index is 4.35. The van der Waals surface area contributed by atoms with E-state index in [1.54, 1.807) is 0 Å². The molecule has 0 radical (unpaired) electrons. The Kier molecular flexibility index (Phi) is 6.82. The van der Waals surface area contributed by atoms with Crippen LogP contribution in [0.25, 0.3) is 0 Å². The van der Waals surface area contributed by atoms with Crippen molar-refractivity contribution in [3.8, 4) is 0 Å². The molecule has 27 heavy (non-hydrogen) atoms. The van der Waals surface area contributed by atoms with Gasteiger partial charge >= 0.3 is 0 Å². The van der Waals surface area contributed by atoms with Gasteiger partial charge in [-0.15, -0.1) is 0 Å². The Labute approximate surface area is 165 Å². The summed E-state index contributed by atoms with van der Waals surface area (Å²) in [6.45, 7) is 4.98. The normalized spacial score (nSPS) is 16.1. The van der Waals surface area contributed by atoms with Crippen molar-refractivity contribution in [1.82, 2.24) is 20.1 Å². The number of aryl methyl sites for hydroxylation is 1. The largest absolute Gasteiger partial charge is 0.380 e. The Hall–Kier alpha value is -2.86. The van der Waals surface area contributed by atoms with Crippen LogP contribution in [0.5, 0.6) is 0 Å². The molecule has 0 aliphatic carbocycles. The minimum absolute atomic E-state index is 0. The number of hydrogen-bond acceptors (Lipinski definition) is 5. The van der Waals surface area contributed by atoms with E-state index in [2.05, 4.69) is 39.2 Å². The molecule has 1 aromatic carbocycles. The van der Waals surface area contributed by atoms with E-state index in [9.17, 15) is 0 Å². The molecular weight excluding hydrogens is 336 g/mol. The summed E-state index contributed by atoms with van der Waals surface area (Å²) in [6.07, 6.45) is 5.83. The number of rotatable bonds is 5. The monoisotopic (exact) mass is 370 g/mol. The van der Waals surface area contributed by atoms with Gasteiger partial charge in [0.05, 0.1) is 17.9 Å². The summed E-state index contributed by atoms with van der Waals surface area (Å²) in [5, 5.41) is 14.6. The number of nitrogens with one attached hydrogen (secondary N) is 3. The van der Waals surface area contributed by atoms with Crippen LogP contribution < -0.4 is 16.0 Å². The molecular formula is C21H34N6. The Bertz CT molecular complexity index is 789. The number of hydrogen-bond donors (Lipinski definition) is 3. The van der Waals surface area contributed by atoms with Crippen LogP contribution in [0.15, 0.2) is 67.1 Å². The van der Waals surface area contributed by atoms with Crippen LogP contribution in [-0.2, 0) is 7.05 Å². The van der Waals surface area contributed by atoms with E-state index in [1.807, 2.05) is 72.7 Å². The van der Waals surface area contributed by atoms with Gasteiger partial charge in [-0.1, -0.05) is 43.3 Å². The molecule has 0 spiro atoms. The van der Waals surface area contributed by atoms with Gasteiger partial charge in [-0.2, -0.15) is 5.10 Å². The van der Waals surface area contributed by atoms with Crippen molar-refractivity contribution < 1.29 is 4.28 Å². The SMILES string of the molecule is C[C@H](CNC[C@H]1CNc2cccnc2N1)c1cnn(C)c1.[HH].[HH].[HH].c1ccccc1. The van der Waals surface area contributed by atoms with Gasteiger partial charge < -0.3 is 16.0 Å². The van der Waals surface area contributed by atoms with Gasteiger partial charge in [-0.05, 0) is 23.6 Å². The summed E-state index contributed by atoms with van der Waals surface area (Å²) in [6, 6.07) is 16.3. The molecule has 0 amide bonds. The predicted octanol–water partition coefficient (Wildman–Crippen LogP) is 3.84. The first-order chi connectivity index (χ1) is 13.2. The third-order valence-corrected chi connectivity index (χ3v) is 4.49. The molecule has 0 unspecified atom stereocenters. The fourth-order valence-electron chi connectivity index (χ4n) is 2.94. The third-order valence-electron chi connectivity index (χ3n) is 4.49. The highest BCUT2D eigenvalue weighted by Gasteiger charge is 2.17. The van der Waals surface area contributed by atoms with Gasteiger partial charge in [-0.25, -0.2) is 4.98 Å². The second-order valence-corrected chi connectivity index (χ2v) is 6.78. The minimum Gasteiger partial charge on any atom is -0.380 e. The minimum atomic E-state index is 0. The maximum atomic E-state index is 4.35. The predicted molar refractivity (Wildman–Crippen MR) is 117 cm³/mol. The lowest BCUT2D eigenvalue weighted by Crippen LogP contribution is -2.42. The van der Waals surface area contributed by atoms with Crippen molar-refractivity contribution >= 4 is 11.5 Å². The molecule has 0 fully saturated rings. The number of anilines is 2. The molecule has 148 valence electrons. The third kappa shape index (κ3) is 5.82. The second-order valence-electron chi connectivity index (χ2n) is 6.78. The lowest BCUT2D eigenvalue weighted by molar-refractivity contribution is 0.572. The van der Waals surface area contributed by atoms with Crippen molar-refractivity contribution in [1.29, 1.82) is 0 Å². The highest BCUT2D eigenvalue weighted by atomic mass is 15.2. The first-order valence-electron chi connectivity index (χ1n) is 9.37. The molecule has 2 aromatic heterocycles. The molecule has 4 rings (SSSR count). The van der Waals surface area contributed by atoms with Crippen LogP contribution in [0, 0.1) is 0 Å². The van der Waals surface area contributed by atoms with E-state index in [-0.39, 0.29) is 4.28 Å². The summed E-state index contributed by atoms with van der Waals surface area (Å²) in [4.78, 5) is 4.35. The average molecular weight is 371 g/mol. The zero-order valence-corrected chi connectivity index (χ0v) is 16.0. The zero-order chi connectivity index (χ0) is 18.9. The number of aromatic nitrogens is 3. The van der Waals surface area contributed by atoms with Crippen LogP contribution >= 0.6 is 0 Å².